The zero-order chi connectivity index (χ0) is 34.1. The number of unbranched alkanes of at least 4 members (excludes halogenated alkanes) is 1. The molecule has 0 spiro atoms. The van der Waals surface area contributed by atoms with Crippen molar-refractivity contribution in [3.8, 4) is 0 Å². The molecule has 2 rings (SSSR count). The van der Waals surface area contributed by atoms with Gasteiger partial charge in [0.25, 0.3) is 5.91 Å². The number of benzene rings is 1. The van der Waals surface area contributed by atoms with Crippen molar-refractivity contribution < 1.29 is 38.7 Å². The number of nitrogens with two attached hydrogens (primary N) is 1. The van der Waals surface area contributed by atoms with Gasteiger partial charge in [0.15, 0.2) is 5.96 Å². The van der Waals surface area contributed by atoms with E-state index in [9.17, 15) is 38.7 Å². The molecule has 1 aliphatic heterocycles. The topological polar surface area (TPSA) is 274 Å². The van der Waals surface area contributed by atoms with Crippen LogP contribution in [0.2, 0.25) is 0 Å². The number of carbonyl (C=O) groups excluding carboxylic acids is 6. The van der Waals surface area contributed by atoms with Crippen LogP contribution < -0.4 is 43.0 Å². The minimum atomic E-state index is -1.65. The van der Waals surface area contributed by atoms with Crippen LogP contribution in [0.15, 0.2) is 30.3 Å². The highest BCUT2D eigenvalue weighted by molar-refractivity contribution is 6.02. The van der Waals surface area contributed by atoms with Crippen LogP contribution in [-0.4, -0.2) is 89.9 Å². The van der Waals surface area contributed by atoms with Crippen molar-refractivity contribution in [3.05, 3.63) is 35.9 Å². The minimum Gasteiger partial charge on any atom is -0.481 e. The summed E-state index contributed by atoms with van der Waals surface area (Å²) in [5.41, 5.74) is 5.95. The van der Waals surface area contributed by atoms with Crippen LogP contribution >= 0.6 is 0 Å². The molecule has 1 fully saturated rings. The van der Waals surface area contributed by atoms with Crippen LogP contribution in [0.4, 0.5) is 4.79 Å². The summed E-state index contributed by atoms with van der Waals surface area (Å²) in [5, 5.41) is 33.9. The molecule has 17 heteroatoms. The van der Waals surface area contributed by atoms with Gasteiger partial charge in [0.05, 0.1) is 6.42 Å². The van der Waals surface area contributed by atoms with Gasteiger partial charge in [-0.05, 0) is 37.7 Å². The zero-order valence-corrected chi connectivity index (χ0v) is 25.6. The number of carboxylic acids is 1. The predicted molar refractivity (Wildman–Crippen MR) is 165 cm³/mol. The lowest BCUT2D eigenvalue weighted by molar-refractivity contribution is -0.140. The molecule has 1 aromatic rings. The molecular weight excluding hydrogens is 602 g/mol. The summed E-state index contributed by atoms with van der Waals surface area (Å²) in [5.74, 6) is -5.27. The van der Waals surface area contributed by atoms with Gasteiger partial charge in [-0.1, -0.05) is 37.3 Å². The highest BCUT2D eigenvalue weighted by Gasteiger charge is 2.33. The Morgan fingerprint density at radius 2 is 1.35 bits per heavy atom. The average Bonchev–Trinajstić information content (AvgIpc) is 3.00. The van der Waals surface area contributed by atoms with Crippen molar-refractivity contribution in [2.45, 2.75) is 82.5 Å². The lowest BCUT2D eigenvalue weighted by Gasteiger charge is -2.27. The molecule has 46 heavy (non-hydrogen) atoms. The molecule has 11 N–H and O–H groups in total. The largest absolute Gasteiger partial charge is 0.481 e. The van der Waals surface area contributed by atoms with Crippen molar-refractivity contribution in [2.75, 3.05) is 13.1 Å². The van der Waals surface area contributed by atoms with E-state index >= 15 is 0 Å². The number of guanidine groups is 1. The normalized spacial score (nSPS) is 20.9. The van der Waals surface area contributed by atoms with Gasteiger partial charge in [0, 0.05) is 25.9 Å². The molecule has 252 valence electrons. The summed E-state index contributed by atoms with van der Waals surface area (Å²) < 4.78 is 0. The van der Waals surface area contributed by atoms with E-state index in [0.717, 1.165) is 0 Å². The molecule has 0 aliphatic carbocycles. The first-order valence-corrected chi connectivity index (χ1v) is 15.0. The Morgan fingerprint density at radius 3 is 1.98 bits per heavy atom. The predicted octanol–water partition coefficient (Wildman–Crippen LogP) is -1.67. The van der Waals surface area contributed by atoms with E-state index in [-0.39, 0.29) is 44.1 Å². The molecule has 4 atom stereocenters. The number of imide groups is 1. The molecule has 0 aromatic heterocycles. The molecule has 0 saturated carbocycles. The van der Waals surface area contributed by atoms with Gasteiger partial charge in [0.1, 0.15) is 24.2 Å². The van der Waals surface area contributed by atoms with Gasteiger partial charge < -0.3 is 42.7 Å². The molecule has 0 bridgehead atoms. The van der Waals surface area contributed by atoms with E-state index < -0.39 is 66.2 Å². The van der Waals surface area contributed by atoms with Gasteiger partial charge in [-0.15, -0.1) is 0 Å². The molecule has 17 nitrogen and oxygen atoms in total. The SMILES string of the molecule is CCC(=O)NCCCCC1NC(=O)[C@@H](Cc2ccccc2)NC(=O)[C@@H](CC(=O)O)NC(=O)NC(=O)[C@H](CCCNC(=N)N)NC1=O. The van der Waals surface area contributed by atoms with Gasteiger partial charge in [-0.2, -0.15) is 0 Å². The van der Waals surface area contributed by atoms with Gasteiger partial charge in [0.2, 0.25) is 23.6 Å². The van der Waals surface area contributed by atoms with Crippen LogP contribution in [0.25, 0.3) is 0 Å². The third-order valence-electron chi connectivity index (χ3n) is 6.97. The highest BCUT2D eigenvalue weighted by atomic mass is 16.4. The summed E-state index contributed by atoms with van der Waals surface area (Å²) in [7, 11) is 0. The first-order valence-electron chi connectivity index (χ1n) is 15.0. The van der Waals surface area contributed by atoms with Crippen LogP contribution in [-0.2, 0) is 35.2 Å². The second-order valence-corrected chi connectivity index (χ2v) is 10.7. The third kappa shape index (κ3) is 13.6. The number of nitrogens with one attached hydrogen (secondary N) is 8. The van der Waals surface area contributed by atoms with E-state index in [0.29, 0.717) is 31.4 Å². The summed E-state index contributed by atoms with van der Waals surface area (Å²) in [6.07, 6.45) is 0.642. The molecular formula is C29H43N9O8. The minimum absolute atomic E-state index is 0.00940. The number of urea groups is 1. The van der Waals surface area contributed by atoms with Gasteiger partial charge in [-0.25, -0.2) is 4.79 Å². The lowest BCUT2D eigenvalue weighted by atomic mass is 10.0. The maximum Gasteiger partial charge on any atom is 0.322 e. The lowest BCUT2D eigenvalue weighted by Crippen LogP contribution is -2.61. The Hall–Kier alpha value is -5.22. The number of aliphatic carboxylic acids is 1. The molecule has 0 radical (unpaired) electrons. The fraction of sp³-hybridized carbons (Fsp3) is 0.517. The van der Waals surface area contributed by atoms with Crippen molar-refractivity contribution in [2.24, 2.45) is 5.73 Å². The monoisotopic (exact) mass is 645 g/mol. The molecule has 1 saturated heterocycles. The van der Waals surface area contributed by atoms with Crippen LogP contribution in [0.3, 0.4) is 0 Å². The number of amides is 7. The second-order valence-electron chi connectivity index (χ2n) is 10.7. The Morgan fingerprint density at radius 1 is 0.783 bits per heavy atom. The van der Waals surface area contributed by atoms with Crippen molar-refractivity contribution in [1.82, 2.24) is 37.2 Å². The van der Waals surface area contributed by atoms with E-state index in [2.05, 4.69) is 31.9 Å². The molecule has 1 unspecified atom stereocenters. The quantitative estimate of drug-likeness (QED) is 0.0624. The fourth-order valence-electron chi connectivity index (χ4n) is 4.55. The van der Waals surface area contributed by atoms with Gasteiger partial charge >= 0.3 is 12.0 Å². The molecule has 7 amide bonds. The fourth-order valence-corrected chi connectivity index (χ4v) is 4.55. The number of hydrogen-bond donors (Lipinski definition) is 10. The van der Waals surface area contributed by atoms with Crippen LogP contribution in [0.5, 0.6) is 0 Å². The number of carboxylic acid groups (broad SMARTS) is 1. The number of rotatable bonds is 14. The summed E-state index contributed by atoms with van der Waals surface area (Å²) in [4.78, 5) is 89.3. The second kappa shape index (κ2) is 19.2. The van der Waals surface area contributed by atoms with Gasteiger partial charge in [-0.3, -0.25) is 39.5 Å². The van der Waals surface area contributed by atoms with Crippen LogP contribution in [0.1, 0.15) is 57.4 Å². The summed E-state index contributed by atoms with van der Waals surface area (Å²) >= 11 is 0. The Balaban J connectivity index is 2.41. The van der Waals surface area contributed by atoms with E-state index in [1.165, 1.54) is 0 Å². The first-order chi connectivity index (χ1) is 21.9. The Labute approximate surface area is 266 Å². The average molecular weight is 646 g/mol. The smallest absolute Gasteiger partial charge is 0.322 e. The zero-order valence-electron chi connectivity index (χ0n) is 25.6. The van der Waals surface area contributed by atoms with Crippen molar-refractivity contribution in [1.29, 1.82) is 5.41 Å². The molecule has 1 aliphatic rings. The maximum atomic E-state index is 13.6. The van der Waals surface area contributed by atoms with E-state index in [1.54, 1.807) is 37.3 Å². The first kappa shape index (κ1) is 37.0. The van der Waals surface area contributed by atoms with E-state index in [1.807, 2.05) is 5.32 Å². The highest BCUT2D eigenvalue weighted by Crippen LogP contribution is 2.09. The maximum absolute atomic E-state index is 13.6. The van der Waals surface area contributed by atoms with Crippen molar-refractivity contribution >= 4 is 47.5 Å². The van der Waals surface area contributed by atoms with E-state index in [4.69, 9.17) is 11.1 Å². The summed E-state index contributed by atoms with van der Waals surface area (Å²) in [6.45, 7) is 2.23. The standard InChI is InChI=1S/C29H43N9O8/c1-2-22(39)32-13-7-6-11-18-24(42)34-19(12-8-14-33-28(30)31)25(43)38-29(46)37-21(16-23(40)41)27(45)36-20(26(44)35-18)15-17-9-4-3-5-10-17/h3-5,9-10,18-21H,2,6-8,11-16H2,1H3,(H,32,39)(H,34,42)(H,35,44)(H,36,45)(H,40,41)(H4,30,31,33)(H2,37,38,43,46)/t18?,19-,20+,21+/m0/s1. The Kier molecular flexibility index (Phi) is 15.5. The summed E-state index contributed by atoms with van der Waals surface area (Å²) in [6, 6.07) is 2.09. The molecule has 1 heterocycles. The Bertz CT molecular complexity index is 1260. The van der Waals surface area contributed by atoms with Crippen LogP contribution in [0, 0.1) is 5.41 Å². The van der Waals surface area contributed by atoms with Crippen molar-refractivity contribution in [3.63, 3.8) is 0 Å². The number of carbonyl (C=O) groups is 7. The molecule has 1 aromatic carbocycles. The third-order valence-corrected chi connectivity index (χ3v) is 6.97. The number of hydrogen-bond acceptors (Lipinski definition) is 8.